The maximum Gasteiger partial charge on any atom is 0.359 e. The molecule has 2 heterocycles. The molecule has 10 heteroatoms. The molecule has 0 saturated carbocycles. The number of methoxy groups -OCH3 is 2. The molecule has 0 aliphatic carbocycles. The molecule has 37 heavy (non-hydrogen) atoms. The molecule has 1 unspecified atom stereocenters. The van der Waals surface area contributed by atoms with Crippen LogP contribution in [-0.2, 0) is 29.2 Å². The van der Waals surface area contributed by atoms with E-state index in [0.29, 0.717) is 18.1 Å². The summed E-state index contributed by atoms with van der Waals surface area (Å²) < 4.78 is 17.3. The van der Waals surface area contributed by atoms with Crippen molar-refractivity contribution in [2.75, 3.05) is 20.8 Å². The number of esters is 1. The van der Waals surface area contributed by atoms with Crippen molar-refractivity contribution < 1.29 is 28.6 Å². The summed E-state index contributed by atoms with van der Waals surface area (Å²) in [5.41, 5.74) is 0.332. The molecule has 2 aromatic carbocycles. The van der Waals surface area contributed by atoms with Gasteiger partial charge >= 0.3 is 5.97 Å². The predicted octanol–water partition coefficient (Wildman–Crippen LogP) is 2.81. The Morgan fingerprint density at radius 1 is 1.11 bits per heavy atom. The largest absolute Gasteiger partial charge is 0.496 e. The second-order valence-corrected chi connectivity index (χ2v) is 8.80. The van der Waals surface area contributed by atoms with Gasteiger partial charge in [0.25, 0.3) is 5.91 Å². The Kier molecular flexibility index (Phi) is 7.47. The number of nitrogens with zero attached hydrogens (tertiary/aromatic N) is 3. The Morgan fingerprint density at radius 2 is 1.84 bits per heavy atom. The average molecular weight is 507 g/mol. The van der Waals surface area contributed by atoms with Gasteiger partial charge in [-0.15, -0.1) is 0 Å². The minimum Gasteiger partial charge on any atom is -0.496 e. The second kappa shape index (κ2) is 10.7. The summed E-state index contributed by atoms with van der Waals surface area (Å²) in [6.45, 7) is 4.60. The lowest BCUT2D eigenvalue weighted by molar-refractivity contribution is -0.133. The quantitative estimate of drug-likeness (QED) is 0.444. The summed E-state index contributed by atoms with van der Waals surface area (Å²) in [7, 11) is 2.80. The topological polar surface area (TPSA) is 112 Å². The molecular weight excluding hydrogens is 476 g/mol. The van der Waals surface area contributed by atoms with E-state index in [9.17, 15) is 14.4 Å². The number of carbonyl (C=O) groups is 3. The summed E-state index contributed by atoms with van der Waals surface area (Å²) in [4.78, 5) is 45.4. The van der Waals surface area contributed by atoms with Crippen LogP contribution in [0.15, 0.2) is 54.9 Å². The smallest absolute Gasteiger partial charge is 0.359 e. The van der Waals surface area contributed by atoms with Gasteiger partial charge in [0.15, 0.2) is 5.69 Å². The molecule has 194 valence electrons. The lowest BCUT2D eigenvalue weighted by Gasteiger charge is -2.43. The van der Waals surface area contributed by atoms with Crippen molar-refractivity contribution in [3.05, 3.63) is 77.4 Å². The Bertz CT molecular complexity index is 1300. The zero-order valence-electron chi connectivity index (χ0n) is 21.3. The Balaban J connectivity index is 1.67. The summed E-state index contributed by atoms with van der Waals surface area (Å²) in [5, 5.41) is 2.96. The molecule has 1 aromatic heterocycles. The lowest BCUT2D eigenvalue weighted by Crippen LogP contribution is -2.63. The van der Waals surface area contributed by atoms with Crippen molar-refractivity contribution >= 4 is 17.8 Å². The molecule has 0 spiro atoms. The van der Waals surface area contributed by atoms with Crippen molar-refractivity contribution in [2.24, 2.45) is 0 Å². The van der Waals surface area contributed by atoms with Gasteiger partial charge in [0.05, 0.1) is 33.7 Å². The van der Waals surface area contributed by atoms with Gasteiger partial charge < -0.3 is 29.0 Å². The van der Waals surface area contributed by atoms with Crippen molar-refractivity contribution in [3.63, 3.8) is 0 Å². The van der Waals surface area contributed by atoms with Gasteiger partial charge in [0, 0.05) is 18.7 Å². The summed E-state index contributed by atoms with van der Waals surface area (Å²) in [5.74, 6) is -0.199. The first-order valence-corrected chi connectivity index (χ1v) is 11.9. The highest BCUT2D eigenvalue weighted by atomic mass is 16.5. The molecule has 3 aromatic rings. The second-order valence-electron chi connectivity index (χ2n) is 8.80. The number of rotatable bonds is 9. The van der Waals surface area contributed by atoms with Crippen LogP contribution in [0.2, 0.25) is 0 Å². The Hall–Kier alpha value is -4.34. The standard InChI is InChI=1S/C27H30N4O6/c1-5-37-20-12-10-18(11-13-20)15-31-24(32)23-22(25(33)36-4)29-17-30(23)16-27(31,2)26(34)28-14-19-8-6-7-9-21(19)35-3/h6-13,17H,5,14-16H2,1-4H3,(H,28,34). The third kappa shape index (κ3) is 5.00. The number of hydrogen-bond donors (Lipinski definition) is 1. The van der Waals surface area contributed by atoms with Crippen LogP contribution < -0.4 is 14.8 Å². The van der Waals surface area contributed by atoms with Crippen LogP contribution >= 0.6 is 0 Å². The first kappa shape index (κ1) is 25.7. The number of amides is 2. The highest BCUT2D eigenvalue weighted by molar-refractivity contribution is 6.06. The summed E-state index contributed by atoms with van der Waals surface area (Å²) in [6.07, 6.45) is 1.39. The Morgan fingerprint density at radius 3 is 2.51 bits per heavy atom. The van der Waals surface area contributed by atoms with Crippen molar-refractivity contribution in [2.45, 2.75) is 39.0 Å². The Labute approximate surface area is 215 Å². The molecule has 1 N–H and O–H groups in total. The van der Waals surface area contributed by atoms with Crippen molar-refractivity contribution in [3.8, 4) is 11.5 Å². The predicted molar refractivity (Wildman–Crippen MR) is 134 cm³/mol. The number of hydrogen-bond acceptors (Lipinski definition) is 7. The minimum absolute atomic E-state index is 0.0827. The third-order valence-corrected chi connectivity index (χ3v) is 6.43. The highest BCUT2D eigenvalue weighted by Gasteiger charge is 2.49. The SMILES string of the molecule is CCOc1ccc(CN2C(=O)c3c(C(=O)OC)ncn3CC2(C)C(=O)NCc2ccccc2OC)cc1. The van der Waals surface area contributed by atoms with Gasteiger partial charge in [-0.3, -0.25) is 9.59 Å². The summed E-state index contributed by atoms with van der Waals surface area (Å²) >= 11 is 0. The van der Waals surface area contributed by atoms with Crippen molar-refractivity contribution in [1.82, 2.24) is 19.8 Å². The van der Waals surface area contributed by atoms with Gasteiger partial charge in [0.2, 0.25) is 5.91 Å². The van der Waals surface area contributed by atoms with Gasteiger partial charge in [-0.1, -0.05) is 30.3 Å². The van der Waals surface area contributed by atoms with Crippen LogP contribution in [0.1, 0.15) is 46.0 Å². The van der Waals surface area contributed by atoms with E-state index >= 15 is 0 Å². The third-order valence-electron chi connectivity index (χ3n) is 6.43. The first-order chi connectivity index (χ1) is 17.8. The number of ether oxygens (including phenoxy) is 3. The van der Waals surface area contributed by atoms with E-state index in [1.807, 2.05) is 55.5 Å². The molecule has 4 rings (SSSR count). The molecule has 0 bridgehead atoms. The van der Waals surface area contributed by atoms with E-state index in [1.165, 1.54) is 22.9 Å². The van der Waals surface area contributed by atoms with Crippen LogP contribution in [0, 0.1) is 0 Å². The normalized spacial score (nSPS) is 16.6. The van der Waals surface area contributed by atoms with E-state index < -0.39 is 17.4 Å². The fourth-order valence-corrected chi connectivity index (χ4v) is 4.44. The molecule has 2 amide bonds. The highest BCUT2D eigenvalue weighted by Crippen LogP contribution is 2.31. The molecular formula is C27H30N4O6. The zero-order valence-corrected chi connectivity index (χ0v) is 21.3. The molecule has 10 nitrogen and oxygen atoms in total. The van der Waals surface area contributed by atoms with Crippen molar-refractivity contribution in [1.29, 1.82) is 0 Å². The van der Waals surface area contributed by atoms with E-state index in [1.54, 1.807) is 14.0 Å². The monoisotopic (exact) mass is 506 g/mol. The minimum atomic E-state index is -1.28. The number of fused-ring (bicyclic) bond motifs is 1. The number of aromatic nitrogens is 2. The van der Waals surface area contributed by atoms with E-state index in [2.05, 4.69) is 10.3 Å². The van der Waals surface area contributed by atoms with Crippen LogP contribution in [0.5, 0.6) is 11.5 Å². The van der Waals surface area contributed by atoms with Gasteiger partial charge in [0.1, 0.15) is 22.7 Å². The van der Waals surface area contributed by atoms with Crippen LogP contribution in [0.4, 0.5) is 0 Å². The van der Waals surface area contributed by atoms with Gasteiger partial charge in [-0.25, -0.2) is 9.78 Å². The van der Waals surface area contributed by atoms with Gasteiger partial charge in [-0.2, -0.15) is 0 Å². The molecule has 1 aliphatic rings. The lowest BCUT2D eigenvalue weighted by atomic mass is 9.93. The summed E-state index contributed by atoms with van der Waals surface area (Å²) in [6, 6.07) is 14.7. The van der Waals surface area contributed by atoms with E-state index in [-0.39, 0.29) is 36.9 Å². The fourth-order valence-electron chi connectivity index (χ4n) is 4.44. The molecule has 1 atom stereocenters. The number of carbonyl (C=O) groups excluding carboxylic acids is 3. The maximum absolute atomic E-state index is 13.8. The average Bonchev–Trinajstić information content (AvgIpc) is 3.34. The van der Waals surface area contributed by atoms with E-state index in [0.717, 1.165) is 11.1 Å². The maximum atomic E-state index is 13.8. The number of imidazole rings is 1. The first-order valence-electron chi connectivity index (χ1n) is 11.9. The number of nitrogens with one attached hydrogen (secondary N) is 1. The molecule has 1 aliphatic heterocycles. The molecule has 0 fully saturated rings. The van der Waals surface area contributed by atoms with Crippen LogP contribution in [0.25, 0.3) is 0 Å². The molecule has 0 saturated heterocycles. The van der Waals surface area contributed by atoms with Gasteiger partial charge in [-0.05, 0) is 37.6 Å². The number of para-hydroxylation sites is 1. The van der Waals surface area contributed by atoms with Crippen LogP contribution in [-0.4, -0.2) is 58.6 Å². The number of benzene rings is 2. The van der Waals surface area contributed by atoms with E-state index in [4.69, 9.17) is 14.2 Å². The molecule has 0 radical (unpaired) electrons. The zero-order chi connectivity index (χ0) is 26.6. The fraction of sp³-hybridized carbons (Fsp3) is 0.333. The van der Waals surface area contributed by atoms with Crippen LogP contribution in [0.3, 0.4) is 0 Å².